The van der Waals surface area contributed by atoms with Crippen LogP contribution in [0.4, 0.5) is 4.39 Å². The van der Waals surface area contributed by atoms with Crippen LogP contribution in [-0.2, 0) is 0 Å². The zero-order valence-electron chi connectivity index (χ0n) is 7.13. The fourth-order valence-electron chi connectivity index (χ4n) is 1.11. The van der Waals surface area contributed by atoms with E-state index in [1.807, 2.05) is 0 Å². The number of hydrogen-bond acceptors (Lipinski definition) is 1. The second kappa shape index (κ2) is 4.40. The number of rotatable bonds is 3. The molecule has 1 atom stereocenters. The molecule has 0 saturated carbocycles. The van der Waals surface area contributed by atoms with Crippen LogP contribution in [0, 0.1) is 5.82 Å². The van der Waals surface area contributed by atoms with Crippen LogP contribution in [-0.4, -0.2) is 0 Å². The Morgan fingerprint density at radius 2 is 2.31 bits per heavy atom. The maximum absolute atomic E-state index is 12.7. The third kappa shape index (κ3) is 2.54. The molecule has 1 aromatic carbocycles. The van der Waals surface area contributed by atoms with Gasteiger partial charge < -0.3 is 5.73 Å². The third-order valence-electron chi connectivity index (χ3n) is 1.78. The van der Waals surface area contributed by atoms with Crippen molar-refractivity contribution >= 4 is 11.6 Å². The molecule has 0 aromatic heterocycles. The maximum atomic E-state index is 12.7. The van der Waals surface area contributed by atoms with Crippen LogP contribution in [0.1, 0.15) is 18.0 Å². The highest BCUT2D eigenvalue weighted by Crippen LogP contribution is 2.24. The molecule has 3 heteroatoms. The number of nitrogens with two attached hydrogens (primary N) is 1. The van der Waals surface area contributed by atoms with Crippen molar-refractivity contribution in [1.29, 1.82) is 0 Å². The van der Waals surface area contributed by atoms with Crippen molar-refractivity contribution in [2.24, 2.45) is 5.73 Å². The summed E-state index contributed by atoms with van der Waals surface area (Å²) in [7, 11) is 0. The topological polar surface area (TPSA) is 26.0 Å². The molecule has 1 nitrogen and oxygen atoms in total. The van der Waals surface area contributed by atoms with Gasteiger partial charge in [0.25, 0.3) is 0 Å². The van der Waals surface area contributed by atoms with Gasteiger partial charge in [0.2, 0.25) is 0 Å². The Hall–Kier alpha value is -0.860. The second-order valence-electron chi connectivity index (χ2n) is 2.80. The quantitative estimate of drug-likeness (QED) is 0.744. The SMILES string of the molecule is C=CC[C@@H](N)c1ccc(F)cc1Cl. The van der Waals surface area contributed by atoms with Gasteiger partial charge in [0, 0.05) is 11.1 Å². The van der Waals surface area contributed by atoms with Crippen molar-refractivity contribution in [2.75, 3.05) is 0 Å². The van der Waals surface area contributed by atoms with E-state index in [0.717, 1.165) is 5.56 Å². The summed E-state index contributed by atoms with van der Waals surface area (Å²) in [4.78, 5) is 0. The summed E-state index contributed by atoms with van der Waals surface area (Å²) in [6, 6.07) is 4.01. The molecular weight excluding hydrogens is 189 g/mol. The Morgan fingerprint density at radius 1 is 1.62 bits per heavy atom. The van der Waals surface area contributed by atoms with Crippen LogP contribution in [0.15, 0.2) is 30.9 Å². The van der Waals surface area contributed by atoms with Crippen molar-refractivity contribution in [3.8, 4) is 0 Å². The summed E-state index contributed by atoms with van der Waals surface area (Å²) >= 11 is 5.81. The summed E-state index contributed by atoms with van der Waals surface area (Å²) in [6.45, 7) is 3.58. The zero-order valence-corrected chi connectivity index (χ0v) is 7.89. The largest absolute Gasteiger partial charge is 0.324 e. The highest BCUT2D eigenvalue weighted by molar-refractivity contribution is 6.31. The summed E-state index contributed by atoms with van der Waals surface area (Å²) in [5.74, 6) is -0.348. The van der Waals surface area contributed by atoms with Crippen LogP contribution < -0.4 is 5.73 Å². The van der Waals surface area contributed by atoms with E-state index in [1.54, 1.807) is 12.1 Å². The highest BCUT2D eigenvalue weighted by Gasteiger charge is 2.08. The average molecular weight is 200 g/mol. The molecule has 0 radical (unpaired) electrons. The van der Waals surface area contributed by atoms with Gasteiger partial charge in [-0.3, -0.25) is 0 Å². The monoisotopic (exact) mass is 199 g/mol. The van der Waals surface area contributed by atoms with Gasteiger partial charge in [0.15, 0.2) is 0 Å². The Bertz CT molecular complexity index is 312. The first-order chi connectivity index (χ1) is 6.15. The third-order valence-corrected chi connectivity index (χ3v) is 2.11. The van der Waals surface area contributed by atoms with Gasteiger partial charge in [0.1, 0.15) is 5.82 Å². The first-order valence-corrected chi connectivity index (χ1v) is 4.34. The van der Waals surface area contributed by atoms with E-state index in [9.17, 15) is 4.39 Å². The van der Waals surface area contributed by atoms with Crippen LogP contribution in [0.3, 0.4) is 0 Å². The van der Waals surface area contributed by atoms with E-state index in [1.165, 1.54) is 12.1 Å². The highest BCUT2D eigenvalue weighted by atomic mass is 35.5. The van der Waals surface area contributed by atoms with E-state index < -0.39 is 0 Å². The molecule has 70 valence electrons. The van der Waals surface area contributed by atoms with Crippen molar-refractivity contribution in [3.05, 3.63) is 47.3 Å². The Morgan fingerprint density at radius 3 is 2.85 bits per heavy atom. The molecule has 0 unspecified atom stereocenters. The first-order valence-electron chi connectivity index (χ1n) is 3.96. The zero-order chi connectivity index (χ0) is 9.84. The first kappa shape index (κ1) is 10.2. The fraction of sp³-hybridized carbons (Fsp3) is 0.200. The molecule has 0 amide bonds. The van der Waals surface area contributed by atoms with E-state index in [-0.39, 0.29) is 11.9 Å². The molecule has 2 N–H and O–H groups in total. The standard InChI is InChI=1S/C10H11ClFN/c1-2-3-10(13)8-5-4-7(12)6-9(8)11/h2,4-6,10H,1,3,13H2/t10-/m1/s1. The van der Waals surface area contributed by atoms with Crippen LogP contribution in [0.25, 0.3) is 0 Å². The van der Waals surface area contributed by atoms with Gasteiger partial charge in [-0.25, -0.2) is 4.39 Å². The summed E-state index contributed by atoms with van der Waals surface area (Å²) < 4.78 is 12.7. The van der Waals surface area contributed by atoms with E-state index >= 15 is 0 Å². The molecule has 0 bridgehead atoms. The lowest BCUT2D eigenvalue weighted by atomic mass is 10.0. The minimum atomic E-state index is -0.348. The predicted molar refractivity (Wildman–Crippen MR) is 53.2 cm³/mol. The fourth-order valence-corrected chi connectivity index (χ4v) is 1.42. The predicted octanol–water partition coefficient (Wildman–Crippen LogP) is 3.06. The molecule has 0 saturated heterocycles. The summed E-state index contributed by atoms with van der Waals surface area (Å²) in [5.41, 5.74) is 6.53. The lowest BCUT2D eigenvalue weighted by Crippen LogP contribution is -2.09. The molecule has 1 aromatic rings. The van der Waals surface area contributed by atoms with E-state index in [4.69, 9.17) is 17.3 Å². The molecule has 0 heterocycles. The maximum Gasteiger partial charge on any atom is 0.124 e. The van der Waals surface area contributed by atoms with Crippen molar-refractivity contribution in [1.82, 2.24) is 0 Å². The minimum Gasteiger partial charge on any atom is -0.324 e. The van der Waals surface area contributed by atoms with E-state index in [0.29, 0.717) is 11.4 Å². The van der Waals surface area contributed by atoms with Gasteiger partial charge in [0.05, 0.1) is 0 Å². The molecule has 1 rings (SSSR count). The molecule has 0 spiro atoms. The van der Waals surface area contributed by atoms with Gasteiger partial charge in [-0.1, -0.05) is 23.7 Å². The molecule has 0 fully saturated rings. The Kier molecular flexibility index (Phi) is 3.46. The average Bonchev–Trinajstić information content (AvgIpc) is 2.04. The lowest BCUT2D eigenvalue weighted by molar-refractivity contribution is 0.625. The van der Waals surface area contributed by atoms with Crippen LogP contribution >= 0.6 is 11.6 Å². The lowest BCUT2D eigenvalue weighted by Gasteiger charge is -2.10. The van der Waals surface area contributed by atoms with Gasteiger partial charge in [-0.2, -0.15) is 0 Å². The molecule has 0 aliphatic rings. The van der Waals surface area contributed by atoms with Gasteiger partial charge >= 0.3 is 0 Å². The van der Waals surface area contributed by atoms with Crippen molar-refractivity contribution in [3.63, 3.8) is 0 Å². The number of hydrogen-bond donors (Lipinski definition) is 1. The van der Waals surface area contributed by atoms with Crippen LogP contribution in [0.2, 0.25) is 5.02 Å². The van der Waals surface area contributed by atoms with Gasteiger partial charge in [-0.05, 0) is 24.1 Å². The Balaban J connectivity index is 2.94. The van der Waals surface area contributed by atoms with Crippen LogP contribution in [0.5, 0.6) is 0 Å². The van der Waals surface area contributed by atoms with E-state index in [2.05, 4.69) is 6.58 Å². The molecule has 0 aliphatic heterocycles. The Labute approximate surface area is 82.0 Å². The molecule has 0 aliphatic carbocycles. The smallest absolute Gasteiger partial charge is 0.124 e. The number of benzene rings is 1. The molecular formula is C10H11ClFN. The second-order valence-corrected chi connectivity index (χ2v) is 3.20. The van der Waals surface area contributed by atoms with Gasteiger partial charge in [-0.15, -0.1) is 6.58 Å². The summed E-state index contributed by atoms with van der Waals surface area (Å²) in [5, 5.41) is 0.370. The number of halogens is 2. The van der Waals surface area contributed by atoms with Crippen molar-refractivity contribution < 1.29 is 4.39 Å². The summed E-state index contributed by atoms with van der Waals surface area (Å²) in [6.07, 6.45) is 2.34. The normalized spacial score (nSPS) is 12.5. The molecule has 13 heavy (non-hydrogen) atoms. The minimum absolute atomic E-state index is 0.203. The van der Waals surface area contributed by atoms with Crippen molar-refractivity contribution in [2.45, 2.75) is 12.5 Å².